The molecule has 0 aliphatic heterocycles. The van der Waals surface area contributed by atoms with Crippen LogP contribution in [0.4, 0.5) is 0 Å². The molecule has 0 unspecified atom stereocenters. The molecule has 2 amide bonds. The fraction of sp³-hybridized carbons (Fsp3) is 0.417. The van der Waals surface area contributed by atoms with Crippen molar-refractivity contribution in [3.05, 3.63) is 70.8 Å². The summed E-state index contributed by atoms with van der Waals surface area (Å²) in [5.74, 6) is -0.126. The first-order valence-corrected chi connectivity index (χ1v) is 10.0. The number of carbonyl (C=O) groups excluding carboxylic acids is 2. The predicted octanol–water partition coefficient (Wildman–Crippen LogP) is 4.18. The minimum Gasteiger partial charge on any atom is -0.352 e. The van der Waals surface area contributed by atoms with Gasteiger partial charge in [-0.2, -0.15) is 0 Å². The van der Waals surface area contributed by atoms with Gasteiger partial charge < -0.3 is 10.2 Å². The maximum absolute atomic E-state index is 13.2. The fourth-order valence-electron chi connectivity index (χ4n) is 3.29. The van der Waals surface area contributed by atoms with Gasteiger partial charge in [0.25, 0.3) is 0 Å². The van der Waals surface area contributed by atoms with Crippen LogP contribution in [0, 0.1) is 13.8 Å². The summed E-state index contributed by atoms with van der Waals surface area (Å²) >= 11 is 0. The monoisotopic (exact) mass is 380 g/mol. The van der Waals surface area contributed by atoms with Crippen LogP contribution in [0.2, 0.25) is 0 Å². The topological polar surface area (TPSA) is 49.4 Å². The van der Waals surface area contributed by atoms with Crippen LogP contribution in [0.5, 0.6) is 0 Å². The third-order valence-corrected chi connectivity index (χ3v) is 4.73. The van der Waals surface area contributed by atoms with Crippen LogP contribution < -0.4 is 5.32 Å². The highest BCUT2D eigenvalue weighted by atomic mass is 16.2. The molecule has 4 heteroatoms. The number of nitrogens with zero attached hydrogens (tertiary/aromatic N) is 1. The maximum atomic E-state index is 13.2. The fourth-order valence-corrected chi connectivity index (χ4v) is 3.29. The van der Waals surface area contributed by atoms with Gasteiger partial charge in [0.15, 0.2) is 0 Å². The molecule has 0 radical (unpaired) electrons. The number of amides is 2. The third-order valence-electron chi connectivity index (χ3n) is 4.73. The molecule has 2 aromatic carbocycles. The van der Waals surface area contributed by atoms with E-state index in [0.717, 1.165) is 22.3 Å². The van der Waals surface area contributed by atoms with Crippen molar-refractivity contribution in [2.75, 3.05) is 0 Å². The van der Waals surface area contributed by atoms with Gasteiger partial charge in [0.2, 0.25) is 11.8 Å². The van der Waals surface area contributed by atoms with Gasteiger partial charge in [-0.05, 0) is 45.2 Å². The largest absolute Gasteiger partial charge is 0.352 e. The SMILES string of the molecule is CC[C@@H](C(=O)NC(C)C)N(Cc1cccc(C)c1)C(=O)Cc1ccc(C)cc1. The van der Waals surface area contributed by atoms with Crippen LogP contribution in [-0.4, -0.2) is 28.8 Å². The standard InChI is InChI=1S/C24H32N2O2/c1-6-22(24(28)25-17(2)3)26(16-21-9-7-8-19(5)14-21)23(27)15-20-12-10-18(4)11-13-20/h7-14,17,22H,6,15-16H2,1-5H3,(H,25,28)/t22-/m0/s1. The average Bonchev–Trinajstić information content (AvgIpc) is 2.63. The molecular formula is C24H32N2O2. The summed E-state index contributed by atoms with van der Waals surface area (Å²) in [6.45, 7) is 10.3. The second-order valence-electron chi connectivity index (χ2n) is 7.76. The lowest BCUT2D eigenvalue weighted by Gasteiger charge is -2.31. The normalized spacial score (nSPS) is 11.9. The van der Waals surface area contributed by atoms with E-state index in [1.54, 1.807) is 4.90 Å². The number of benzene rings is 2. The highest BCUT2D eigenvalue weighted by Crippen LogP contribution is 2.16. The van der Waals surface area contributed by atoms with Gasteiger partial charge in [-0.1, -0.05) is 66.6 Å². The summed E-state index contributed by atoms with van der Waals surface area (Å²) in [5, 5.41) is 2.96. The number of rotatable bonds is 8. The molecule has 0 bridgehead atoms. The van der Waals surface area contributed by atoms with Crippen LogP contribution in [0.25, 0.3) is 0 Å². The lowest BCUT2D eigenvalue weighted by Crippen LogP contribution is -2.50. The van der Waals surface area contributed by atoms with Crippen LogP contribution in [0.15, 0.2) is 48.5 Å². The Labute approximate surface area is 169 Å². The van der Waals surface area contributed by atoms with Gasteiger partial charge in [0, 0.05) is 12.6 Å². The van der Waals surface area contributed by atoms with E-state index in [-0.39, 0.29) is 24.3 Å². The minimum absolute atomic E-state index is 0.0314. The maximum Gasteiger partial charge on any atom is 0.243 e. The van der Waals surface area contributed by atoms with Crippen LogP contribution >= 0.6 is 0 Å². The number of aryl methyl sites for hydroxylation is 2. The first-order chi connectivity index (χ1) is 13.3. The zero-order valence-corrected chi connectivity index (χ0v) is 17.7. The Hall–Kier alpha value is -2.62. The zero-order chi connectivity index (χ0) is 20.7. The van der Waals surface area contributed by atoms with Crippen molar-refractivity contribution in [2.24, 2.45) is 0 Å². The summed E-state index contributed by atoms with van der Waals surface area (Å²) in [6, 6.07) is 15.6. The summed E-state index contributed by atoms with van der Waals surface area (Å²) in [6.07, 6.45) is 0.863. The van der Waals surface area contributed by atoms with Crippen molar-refractivity contribution in [3.8, 4) is 0 Å². The summed E-state index contributed by atoms with van der Waals surface area (Å²) in [7, 11) is 0. The Kier molecular flexibility index (Phi) is 7.80. The van der Waals surface area contributed by atoms with Gasteiger partial charge in [-0.3, -0.25) is 9.59 Å². The number of nitrogens with one attached hydrogen (secondary N) is 1. The number of hydrogen-bond acceptors (Lipinski definition) is 2. The average molecular weight is 381 g/mol. The van der Waals surface area contributed by atoms with Gasteiger partial charge in [-0.25, -0.2) is 0 Å². The second-order valence-corrected chi connectivity index (χ2v) is 7.76. The molecule has 1 atom stereocenters. The summed E-state index contributed by atoms with van der Waals surface area (Å²) < 4.78 is 0. The quantitative estimate of drug-likeness (QED) is 0.747. The second kappa shape index (κ2) is 10.1. The van der Waals surface area contributed by atoms with Crippen LogP contribution in [0.3, 0.4) is 0 Å². The van der Waals surface area contributed by atoms with Crippen LogP contribution in [-0.2, 0) is 22.6 Å². The van der Waals surface area contributed by atoms with Crippen LogP contribution in [0.1, 0.15) is 49.4 Å². The van der Waals surface area contributed by atoms with Crippen molar-refractivity contribution in [1.82, 2.24) is 10.2 Å². The molecule has 2 rings (SSSR count). The Morgan fingerprint density at radius 1 is 0.964 bits per heavy atom. The first kappa shape index (κ1) is 21.7. The predicted molar refractivity (Wildman–Crippen MR) is 114 cm³/mol. The van der Waals surface area contributed by atoms with E-state index in [1.165, 1.54) is 0 Å². The van der Waals surface area contributed by atoms with Crippen molar-refractivity contribution in [1.29, 1.82) is 0 Å². The van der Waals surface area contributed by atoms with Gasteiger partial charge in [0.1, 0.15) is 6.04 Å². The first-order valence-electron chi connectivity index (χ1n) is 10.0. The Bertz CT molecular complexity index is 797. The molecule has 0 heterocycles. The van der Waals surface area contributed by atoms with Crippen molar-refractivity contribution >= 4 is 11.8 Å². The lowest BCUT2D eigenvalue weighted by molar-refractivity contribution is -0.141. The van der Waals surface area contributed by atoms with Gasteiger partial charge in [0.05, 0.1) is 6.42 Å². The molecule has 150 valence electrons. The molecule has 2 aromatic rings. The highest BCUT2D eigenvalue weighted by Gasteiger charge is 2.28. The van der Waals surface area contributed by atoms with E-state index in [2.05, 4.69) is 11.4 Å². The Morgan fingerprint density at radius 3 is 2.21 bits per heavy atom. The van der Waals surface area contributed by atoms with E-state index in [1.807, 2.05) is 77.1 Å². The molecule has 0 saturated carbocycles. The molecule has 4 nitrogen and oxygen atoms in total. The Balaban J connectivity index is 2.28. The van der Waals surface area contributed by atoms with E-state index >= 15 is 0 Å². The molecule has 0 aliphatic rings. The summed E-state index contributed by atoms with van der Waals surface area (Å²) in [5.41, 5.74) is 4.30. The highest BCUT2D eigenvalue weighted by molar-refractivity contribution is 5.88. The van der Waals surface area contributed by atoms with E-state index in [0.29, 0.717) is 13.0 Å². The van der Waals surface area contributed by atoms with Crippen molar-refractivity contribution in [2.45, 2.75) is 66.1 Å². The van der Waals surface area contributed by atoms with Gasteiger partial charge in [-0.15, -0.1) is 0 Å². The van der Waals surface area contributed by atoms with E-state index in [9.17, 15) is 9.59 Å². The summed E-state index contributed by atoms with van der Waals surface area (Å²) in [4.78, 5) is 27.7. The molecule has 0 saturated heterocycles. The molecule has 1 N–H and O–H groups in total. The van der Waals surface area contributed by atoms with Crippen molar-refractivity contribution in [3.63, 3.8) is 0 Å². The molecular weight excluding hydrogens is 348 g/mol. The molecule has 0 fully saturated rings. The van der Waals surface area contributed by atoms with E-state index in [4.69, 9.17) is 0 Å². The molecule has 0 aliphatic carbocycles. The zero-order valence-electron chi connectivity index (χ0n) is 17.7. The minimum atomic E-state index is -0.485. The van der Waals surface area contributed by atoms with Gasteiger partial charge >= 0.3 is 0 Å². The number of hydrogen-bond donors (Lipinski definition) is 1. The number of carbonyl (C=O) groups is 2. The van der Waals surface area contributed by atoms with E-state index < -0.39 is 6.04 Å². The molecule has 0 aromatic heterocycles. The molecule has 0 spiro atoms. The smallest absolute Gasteiger partial charge is 0.243 e. The molecule has 28 heavy (non-hydrogen) atoms. The van der Waals surface area contributed by atoms with Crippen molar-refractivity contribution < 1.29 is 9.59 Å². The Morgan fingerprint density at radius 2 is 1.64 bits per heavy atom. The third kappa shape index (κ3) is 6.22. The lowest BCUT2D eigenvalue weighted by atomic mass is 10.0.